The predicted octanol–water partition coefficient (Wildman–Crippen LogP) is 5.58. The molecule has 0 aromatic heterocycles. The summed E-state index contributed by atoms with van der Waals surface area (Å²) >= 11 is 0. The number of hydrogen-bond donors (Lipinski definition) is 0. The van der Waals surface area contributed by atoms with E-state index in [0.29, 0.717) is 0 Å². The van der Waals surface area contributed by atoms with Crippen molar-refractivity contribution < 1.29 is 31.0 Å². The summed E-state index contributed by atoms with van der Waals surface area (Å²) in [4.78, 5) is 0. The average molecular weight is 448 g/mol. The molecule has 0 bridgehead atoms. The molecular formula is C26H29CoO3. The van der Waals surface area contributed by atoms with Crippen LogP contribution < -0.4 is 4.74 Å². The van der Waals surface area contributed by atoms with Crippen LogP contribution in [-0.4, -0.2) is 26.1 Å². The van der Waals surface area contributed by atoms with Crippen molar-refractivity contribution in [1.29, 1.82) is 0 Å². The minimum absolute atomic E-state index is 0. The van der Waals surface area contributed by atoms with E-state index in [-0.39, 0.29) is 28.0 Å². The zero-order valence-corrected chi connectivity index (χ0v) is 18.7. The second-order valence-electron chi connectivity index (χ2n) is 8.55. The van der Waals surface area contributed by atoms with Crippen LogP contribution in [0.15, 0.2) is 59.7 Å². The van der Waals surface area contributed by atoms with E-state index >= 15 is 0 Å². The summed E-state index contributed by atoms with van der Waals surface area (Å²) in [6, 6.07) is 6.51. The topological polar surface area (TPSA) is 27.7 Å². The molecule has 0 amide bonds. The van der Waals surface area contributed by atoms with Crippen molar-refractivity contribution in [1.82, 2.24) is 0 Å². The molecule has 4 heteroatoms. The second-order valence-corrected chi connectivity index (χ2v) is 8.55. The maximum atomic E-state index is 6.15. The first-order chi connectivity index (χ1) is 14.2. The van der Waals surface area contributed by atoms with Gasteiger partial charge < -0.3 is 14.2 Å². The maximum Gasteiger partial charge on any atom is 0.178 e. The average Bonchev–Trinajstić information content (AvgIpc) is 3.52. The van der Waals surface area contributed by atoms with Crippen LogP contribution >= 0.6 is 0 Å². The number of hydrogen-bond acceptors (Lipinski definition) is 3. The van der Waals surface area contributed by atoms with E-state index in [2.05, 4.69) is 31.2 Å². The van der Waals surface area contributed by atoms with Gasteiger partial charge in [-0.05, 0) is 60.1 Å². The Hall–Kier alpha value is -1.59. The van der Waals surface area contributed by atoms with Crippen LogP contribution in [0.5, 0.6) is 5.75 Å². The summed E-state index contributed by atoms with van der Waals surface area (Å²) in [5, 5.41) is 0. The van der Waals surface area contributed by atoms with Crippen LogP contribution in [0, 0.1) is 11.8 Å². The minimum atomic E-state index is -0.377. The molecule has 0 N–H and O–H groups in total. The monoisotopic (exact) mass is 448 g/mol. The number of aryl methyl sites for hydroxylation is 1. The standard InChI is InChI=1S/C21H24O3.C5H5.Co/c1-20-9-7-17-16-6-4-15(22-2)13-14(16)3-5-18(17)19(20)8-10-21(20)23-11-12-24-21;1-2-4-5-3-1;/h4,6-7,13H,3,5,8-12H2,1-2H3;1-5H;/t20-;;/m0../s1. The Kier molecular flexibility index (Phi) is 6.13. The summed E-state index contributed by atoms with van der Waals surface area (Å²) in [6.07, 6.45) is 17.8. The Morgan fingerprint density at radius 2 is 1.73 bits per heavy atom. The van der Waals surface area contributed by atoms with E-state index in [0.717, 1.165) is 51.1 Å². The molecule has 1 saturated carbocycles. The molecule has 1 aliphatic heterocycles. The van der Waals surface area contributed by atoms with Crippen LogP contribution in [0.25, 0.3) is 5.57 Å². The summed E-state index contributed by atoms with van der Waals surface area (Å²) < 4.78 is 17.7. The molecule has 5 aliphatic rings. The molecule has 4 aliphatic carbocycles. The van der Waals surface area contributed by atoms with E-state index in [9.17, 15) is 0 Å². The van der Waals surface area contributed by atoms with Crippen molar-refractivity contribution in [2.75, 3.05) is 20.3 Å². The van der Waals surface area contributed by atoms with Crippen molar-refractivity contribution in [3.63, 3.8) is 0 Å². The molecule has 1 saturated heterocycles. The van der Waals surface area contributed by atoms with Gasteiger partial charge in [-0.1, -0.05) is 48.9 Å². The van der Waals surface area contributed by atoms with Crippen LogP contribution in [0.2, 0.25) is 0 Å². The van der Waals surface area contributed by atoms with Gasteiger partial charge in [0.25, 0.3) is 0 Å². The fraction of sp³-hybridized carbons (Fsp3) is 0.423. The molecule has 30 heavy (non-hydrogen) atoms. The van der Waals surface area contributed by atoms with Gasteiger partial charge in [0.05, 0.1) is 20.3 Å². The summed E-state index contributed by atoms with van der Waals surface area (Å²) in [5.41, 5.74) is 7.39. The fourth-order valence-electron chi connectivity index (χ4n) is 5.65. The molecule has 1 atom stereocenters. The second kappa shape index (κ2) is 8.50. The van der Waals surface area contributed by atoms with Gasteiger partial charge in [0, 0.05) is 35.0 Å². The van der Waals surface area contributed by atoms with Crippen molar-refractivity contribution in [2.24, 2.45) is 5.41 Å². The van der Waals surface area contributed by atoms with Crippen LogP contribution in [0.1, 0.15) is 43.7 Å². The molecule has 160 valence electrons. The van der Waals surface area contributed by atoms with E-state index in [1.54, 1.807) is 18.3 Å². The summed E-state index contributed by atoms with van der Waals surface area (Å²) in [7, 11) is 1.74. The summed E-state index contributed by atoms with van der Waals surface area (Å²) in [6.45, 7) is 3.82. The Bertz CT molecular complexity index is 924. The van der Waals surface area contributed by atoms with Crippen molar-refractivity contribution in [3.8, 4) is 5.75 Å². The Labute approximate surface area is 190 Å². The van der Waals surface area contributed by atoms with Crippen LogP contribution in [0.4, 0.5) is 0 Å². The van der Waals surface area contributed by atoms with E-state index in [4.69, 9.17) is 14.2 Å². The Morgan fingerprint density at radius 3 is 2.40 bits per heavy atom. The van der Waals surface area contributed by atoms with Crippen molar-refractivity contribution in [3.05, 3.63) is 77.3 Å². The van der Waals surface area contributed by atoms with E-state index in [1.807, 2.05) is 30.7 Å². The van der Waals surface area contributed by atoms with Gasteiger partial charge in [-0.2, -0.15) is 0 Å². The molecule has 1 aromatic carbocycles. The molecule has 1 aromatic rings. The van der Waals surface area contributed by atoms with Gasteiger partial charge in [-0.3, -0.25) is 0 Å². The van der Waals surface area contributed by atoms with Gasteiger partial charge in [0.2, 0.25) is 0 Å². The molecule has 1 heterocycles. The molecule has 1 spiro atoms. The van der Waals surface area contributed by atoms with Gasteiger partial charge >= 0.3 is 0 Å². The normalized spacial score (nSPS) is 26.9. The summed E-state index contributed by atoms with van der Waals surface area (Å²) in [5.74, 6) is 0.580. The van der Waals surface area contributed by atoms with Crippen LogP contribution in [-0.2, 0) is 32.7 Å². The molecule has 2 radical (unpaired) electrons. The first-order valence-corrected chi connectivity index (χ1v) is 10.7. The Morgan fingerprint density at radius 1 is 0.967 bits per heavy atom. The van der Waals surface area contributed by atoms with E-state index < -0.39 is 0 Å². The fourth-order valence-corrected chi connectivity index (χ4v) is 5.65. The zero-order valence-electron chi connectivity index (χ0n) is 17.7. The third kappa shape index (κ3) is 3.34. The van der Waals surface area contributed by atoms with Crippen molar-refractivity contribution in [2.45, 2.75) is 44.8 Å². The number of ether oxygens (including phenoxy) is 3. The van der Waals surface area contributed by atoms with Crippen LogP contribution in [0.3, 0.4) is 0 Å². The number of fused-ring (bicyclic) bond motifs is 5. The van der Waals surface area contributed by atoms with Gasteiger partial charge in [-0.25, -0.2) is 0 Å². The van der Waals surface area contributed by atoms with Crippen molar-refractivity contribution >= 4 is 5.57 Å². The Balaban J connectivity index is 0.000000321. The van der Waals surface area contributed by atoms with E-state index in [1.165, 1.54) is 16.7 Å². The molecule has 3 nitrogen and oxygen atoms in total. The number of rotatable bonds is 1. The predicted molar refractivity (Wildman–Crippen MR) is 115 cm³/mol. The number of benzene rings is 1. The zero-order chi connectivity index (χ0) is 19.9. The molecule has 2 fully saturated rings. The number of methoxy groups -OCH3 is 1. The van der Waals surface area contributed by atoms with Gasteiger partial charge in [-0.15, -0.1) is 0 Å². The molecule has 6 rings (SSSR count). The maximum absolute atomic E-state index is 6.15. The molecular weight excluding hydrogens is 419 g/mol. The third-order valence-electron chi connectivity index (χ3n) is 7.17. The molecule has 0 unspecified atom stereocenters. The first-order valence-electron chi connectivity index (χ1n) is 10.7. The third-order valence-corrected chi connectivity index (χ3v) is 7.17. The SMILES string of the molecule is COc1ccc2c(c1)CCC1=C3CCC4(OCCO4)[C@@]3(C)CC=C12.[CH]1C=CC=C1.[Co]. The largest absolute Gasteiger partial charge is 0.497 e. The smallest absolute Gasteiger partial charge is 0.178 e. The number of allylic oxidation sites excluding steroid dienone is 7. The van der Waals surface area contributed by atoms with Gasteiger partial charge in [0.1, 0.15) is 5.75 Å². The van der Waals surface area contributed by atoms with Gasteiger partial charge in [0.15, 0.2) is 5.79 Å². The minimum Gasteiger partial charge on any atom is -0.497 e. The quantitative estimate of drug-likeness (QED) is 0.561. The first kappa shape index (κ1) is 21.6.